The summed E-state index contributed by atoms with van der Waals surface area (Å²) in [7, 11) is -2.47. The molecule has 0 radical (unpaired) electrons. The Balaban J connectivity index is 4.31. The van der Waals surface area contributed by atoms with Gasteiger partial charge in [0.15, 0.2) is 0 Å². The highest BCUT2D eigenvalue weighted by atomic mass is 31.2. The van der Waals surface area contributed by atoms with Crippen molar-refractivity contribution in [2.24, 2.45) is 0 Å². The van der Waals surface area contributed by atoms with Crippen molar-refractivity contribution in [3.63, 3.8) is 0 Å². The van der Waals surface area contributed by atoms with E-state index in [1.165, 1.54) is 0 Å². The zero-order chi connectivity index (χ0) is 12.2. The summed E-state index contributed by atoms with van der Waals surface area (Å²) in [6.07, 6.45) is -0.142. The number of esters is 1. The molecule has 0 amide bonds. The first kappa shape index (κ1) is 14.7. The Morgan fingerprint density at radius 1 is 1.20 bits per heavy atom. The molecule has 0 fully saturated rings. The number of ether oxygens (including phenoxy) is 1. The van der Waals surface area contributed by atoms with Gasteiger partial charge in [-0.25, -0.2) is 0 Å². The van der Waals surface area contributed by atoms with E-state index >= 15 is 0 Å². The van der Waals surface area contributed by atoms with E-state index in [0.717, 1.165) is 0 Å². The van der Waals surface area contributed by atoms with E-state index < -0.39 is 13.3 Å². The molecule has 1 N–H and O–H groups in total. The van der Waals surface area contributed by atoms with E-state index in [1.54, 1.807) is 27.4 Å². The van der Waals surface area contributed by atoms with Crippen LogP contribution in [-0.4, -0.2) is 30.4 Å². The molecule has 4 nitrogen and oxygen atoms in total. The lowest BCUT2D eigenvalue weighted by Gasteiger charge is -2.23. The van der Waals surface area contributed by atoms with Crippen LogP contribution in [0.5, 0.6) is 0 Å². The topological polar surface area (TPSA) is 55.4 Å². The lowest BCUT2D eigenvalue weighted by atomic mass is 10.4. The van der Waals surface area contributed by atoms with Gasteiger partial charge in [0.25, 0.3) is 0 Å². The van der Waals surface area contributed by atoms with Crippen molar-refractivity contribution in [3.8, 4) is 0 Å². The fourth-order valence-electron chi connectivity index (χ4n) is 0.921. The fraction of sp³-hybridized carbons (Fsp3) is 0.900. The lowest BCUT2D eigenvalue weighted by molar-refractivity contribution is -0.148. The van der Waals surface area contributed by atoms with Gasteiger partial charge in [-0.15, -0.1) is 0 Å². The molecule has 0 aliphatic rings. The predicted octanol–water partition coefficient (Wildman–Crippen LogP) is 2.23. The molecule has 0 aromatic rings. The highest BCUT2D eigenvalue weighted by Crippen LogP contribution is 2.42. The van der Waals surface area contributed by atoms with Crippen molar-refractivity contribution in [1.29, 1.82) is 0 Å². The van der Waals surface area contributed by atoms with E-state index in [-0.39, 0.29) is 17.7 Å². The van der Waals surface area contributed by atoms with E-state index in [9.17, 15) is 9.36 Å². The second-order valence-corrected chi connectivity index (χ2v) is 7.69. The average molecular weight is 235 g/mol. The smallest absolute Gasteiger partial charge is 0.323 e. The summed E-state index contributed by atoms with van der Waals surface area (Å²) >= 11 is 0. The van der Waals surface area contributed by atoms with Crippen molar-refractivity contribution < 1.29 is 14.1 Å². The van der Waals surface area contributed by atoms with Crippen LogP contribution >= 0.6 is 7.29 Å². The SMILES string of the molecule is CC(C)OC(=O)[C@H](C)NP(C)(=O)C(C)C. The molecule has 1 unspecified atom stereocenters. The molecular weight excluding hydrogens is 213 g/mol. The van der Waals surface area contributed by atoms with Gasteiger partial charge in [0.1, 0.15) is 13.3 Å². The molecule has 0 rings (SSSR count). The van der Waals surface area contributed by atoms with Crippen molar-refractivity contribution in [1.82, 2.24) is 5.09 Å². The highest BCUT2D eigenvalue weighted by Gasteiger charge is 2.26. The molecule has 0 heterocycles. The predicted molar refractivity (Wildman–Crippen MR) is 62.5 cm³/mol. The van der Waals surface area contributed by atoms with Gasteiger partial charge in [0, 0.05) is 12.3 Å². The summed E-state index contributed by atoms with van der Waals surface area (Å²) in [5.74, 6) is -0.354. The van der Waals surface area contributed by atoms with Gasteiger partial charge >= 0.3 is 5.97 Å². The lowest BCUT2D eigenvalue weighted by Crippen LogP contribution is -2.35. The molecule has 5 heteroatoms. The molecule has 0 aliphatic carbocycles. The van der Waals surface area contributed by atoms with Crippen LogP contribution in [0.15, 0.2) is 0 Å². The average Bonchev–Trinajstić information content (AvgIpc) is 2.01. The minimum Gasteiger partial charge on any atom is -0.462 e. The summed E-state index contributed by atoms with van der Waals surface area (Å²) in [6, 6.07) is -0.523. The van der Waals surface area contributed by atoms with Gasteiger partial charge in [-0.05, 0) is 20.8 Å². The first-order chi connectivity index (χ1) is 6.66. The third-order valence-electron chi connectivity index (χ3n) is 2.14. The van der Waals surface area contributed by atoms with Crippen molar-refractivity contribution in [2.45, 2.75) is 52.4 Å². The molecule has 0 bridgehead atoms. The summed E-state index contributed by atoms with van der Waals surface area (Å²) in [5.41, 5.74) is 0.0202. The van der Waals surface area contributed by atoms with Gasteiger partial charge in [-0.2, -0.15) is 0 Å². The Morgan fingerprint density at radius 3 is 2.00 bits per heavy atom. The molecule has 2 atom stereocenters. The molecule has 0 aromatic heterocycles. The molecule has 90 valence electrons. The van der Waals surface area contributed by atoms with Crippen LogP contribution < -0.4 is 5.09 Å². The number of carbonyl (C=O) groups is 1. The minimum absolute atomic E-state index is 0.0202. The monoisotopic (exact) mass is 235 g/mol. The number of rotatable bonds is 5. The number of carbonyl (C=O) groups excluding carboxylic acids is 1. The van der Waals surface area contributed by atoms with Crippen LogP contribution in [0.1, 0.15) is 34.6 Å². The first-order valence-electron chi connectivity index (χ1n) is 5.22. The third-order valence-corrected chi connectivity index (χ3v) is 5.01. The first-order valence-corrected chi connectivity index (χ1v) is 7.44. The molecular formula is C10H22NO3P. The van der Waals surface area contributed by atoms with Crippen LogP contribution in [0, 0.1) is 0 Å². The molecule has 0 saturated carbocycles. The standard InChI is InChI=1S/C10H22NO3P/c1-7(2)14-10(12)9(5)11-15(6,13)8(3)4/h7-9H,1-6H3,(H,11,13)/t9-,15?/m0/s1. The minimum atomic E-state index is -2.47. The van der Waals surface area contributed by atoms with Gasteiger partial charge in [-0.1, -0.05) is 13.8 Å². The summed E-state index contributed by atoms with van der Waals surface area (Å²) in [4.78, 5) is 11.4. The largest absolute Gasteiger partial charge is 0.462 e. The quantitative estimate of drug-likeness (QED) is 0.586. The van der Waals surface area contributed by atoms with Gasteiger partial charge in [0.05, 0.1) is 6.10 Å². The van der Waals surface area contributed by atoms with Gasteiger partial charge < -0.3 is 9.30 Å². The van der Waals surface area contributed by atoms with E-state index in [4.69, 9.17) is 4.74 Å². The molecule has 0 aromatic carbocycles. The Bertz CT molecular complexity index is 263. The van der Waals surface area contributed by atoms with Crippen LogP contribution in [0.4, 0.5) is 0 Å². The number of hydrogen-bond acceptors (Lipinski definition) is 3. The van der Waals surface area contributed by atoms with Crippen LogP contribution in [0.2, 0.25) is 0 Å². The molecule has 0 aliphatic heterocycles. The van der Waals surface area contributed by atoms with Crippen LogP contribution in [0.3, 0.4) is 0 Å². The Labute approximate surface area is 92.2 Å². The van der Waals surface area contributed by atoms with Crippen molar-refractivity contribution in [3.05, 3.63) is 0 Å². The Morgan fingerprint density at radius 2 is 1.67 bits per heavy atom. The summed E-state index contributed by atoms with van der Waals surface area (Å²) in [5, 5.41) is 2.84. The van der Waals surface area contributed by atoms with E-state index in [0.29, 0.717) is 0 Å². The zero-order valence-corrected chi connectivity index (χ0v) is 11.3. The van der Waals surface area contributed by atoms with E-state index in [1.807, 2.05) is 13.8 Å². The van der Waals surface area contributed by atoms with Crippen LogP contribution in [-0.2, 0) is 14.1 Å². The van der Waals surface area contributed by atoms with Crippen molar-refractivity contribution in [2.75, 3.05) is 6.66 Å². The Kier molecular flexibility index (Phi) is 5.54. The molecule has 0 spiro atoms. The number of nitrogens with one attached hydrogen (secondary N) is 1. The fourth-order valence-corrected chi connectivity index (χ4v) is 2.09. The molecule has 15 heavy (non-hydrogen) atoms. The van der Waals surface area contributed by atoms with E-state index in [2.05, 4.69) is 5.09 Å². The maximum atomic E-state index is 12.0. The normalized spacial score (nSPS) is 17.6. The highest BCUT2D eigenvalue weighted by molar-refractivity contribution is 7.61. The van der Waals surface area contributed by atoms with Gasteiger partial charge in [0.2, 0.25) is 0 Å². The second kappa shape index (κ2) is 5.66. The van der Waals surface area contributed by atoms with Crippen molar-refractivity contribution >= 4 is 13.3 Å². The third kappa shape index (κ3) is 5.33. The summed E-state index contributed by atoms with van der Waals surface area (Å²) < 4.78 is 17.0. The summed E-state index contributed by atoms with van der Waals surface area (Å²) in [6.45, 7) is 10.6. The second-order valence-electron chi connectivity index (χ2n) is 4.42. The zero-order valence-electron chi connectivity index (χ0n) is 10.4. The molecule has 0 saturated heterocycles. The Hall–Kier alpha value is -0.340. The maximum Gasteiger partial charge on any atom is 0.323 e. The number of hydrogen-bond donors (Lipinski definition) is 1. The van der Waals surface area contributed by atoms with Gasteiger partial charge in [-0.3, -0.25) is 9.88 Å². The maximum absolute atomic E-state index is 12.0. The van der Waals surface area contributed by atoms with Crippen LogP contribution in [0.25, 0.3) is 0 Å².